The summed E-state index contributed by atoms with van der Waals surface area (Å²) in [6.07, 6.45) is 1.55. The number of aromatic nitrogens is 1. The molecule has 0 saturated heterocycles. The molecule has 0 aliphatic rings. The third-order valence-electron chi connectivity index (χ3n) is 3.01. The van der Waals surface area contributed by atoms with Crippen molar-refractivity contribution in [3.05, 3.63) is 41.0 Å². The molecular weight excluding hydrogens is 306 g/mol. The van der Waals surface area contributed by atoms with Crippen molar-refractivity contribution in [2.45, 2.75) is 6.92 Å². The quantitative estimate of drug-likeness (QED) is 0.788. The summed E-state index contributed by atoms with van der Waals surface area (Å²) < 4.78 is 15.5. The molecule has 0 spiro atoms. The number of hydrogen-bond acceptors (Lipinski definition) is 5. The predicted molar refractivity (Wildman–Crippen MR) is 83.7 cm³/mol. The SMILES string of the molecule is CCOC(=O)c1ccnc(-c2cc(OC)c(Cl)c(OC)c2)c1. The highest BCUT2D eigenvalue weighted by atomic mass is 35.5. The van der Waals surface area contributed by atoms with E-state index in [1.54, 1.807) is 37.4 Å². The Hall–Kier alpha value is -2.27. The topological polar surface area (TPSA) is 57.7 Å². The van der Waals surface area contributed by atoms with Crippen molar-refractivity contribution < 1.29 is 19.0 Å². The van der Waals surface area contributed by atoms with Crippen LogP contribution in [0.4, 0.5) is 0 Å². The van der Waals surface area contributed by atoms with E-state index in [1.807, 2.05) is 0 Å². The van der Waals surface area contributed by atoms with E-state index in [9.17, 15) is 4.79 Å². The molecule has 0 fully saturated rings. The van der Waals surface area contributed by atoms with Crippen molar-refractivity contribution in [2.24, 2.45) is 0 Å². The van der Waals surface area contributed by atoms with Gasteiger partial charge in [0.1, 0.15) is 16.5 Å². The first-order chi connectivity index (χ1) is 10.6. The zero-order valence-electron chi connectivity index (χ0n) is 12.6. The molecule has 2 aromatic rings. The fourth-order valence-electron chi connectivity index (χ4n) is 1.95. The van der Waals surface area contributed by atoms with Crippen LogP contribution < -0.4 is 9.47 Å². The van der Waals surface area contributed by atoms with Crippen LogP contribution in [0.15, 0.2) is 30.5 Å². The molecule has 0 atom stereocenters. The molecule has 0 N–H and O–H groups in total. The molecule has 0 radical (unpaired) electrons. The molecule has 0 bridgehead atoms. The number of hydrogen-bond donors (Lipinski definition) is 0. The number of ether oxygens (including phenoxy) is 3. The van der Waals surface area contributed by atoms with Crippen molar-refractivity contribution in [2.75, 3.05) is 20.8 Å². The molecule has 5 nitrogen and oxygen atoms in total. The van der Waals surface area contributed by atoms with Crippen molar-refractivity contribution >= 4 is 17.6 Å². The van der Waals surface area contributed by atoms with Gasteiger partial charge in [-0.05, 0) is 31.2 Å². The Morgan fingerprint density at radius 1 is 1.18 bits per heavy atom. The second-order valence-electron chi connectivity index (χ2n) is 4.34. The molecule has 0 aliphatic carbocycles. The lowest BCUT2D eigenvalue weighted by Gasteiger charge is -2.11. The van der Waals surface area contributed by atoms with Gasteiger partial charge in [0.15, 0.2) is 0 Å². The maximum atomic E-state index is 11.8. The number of pyridine rings is 1. The monoisotopic (exact) mass is 321 g/mol. The molecule has 0 unspecified atom stereocenters. The first-order valence-electron chi connectivity index (χ1n) is 6.65. The molecule has 0 amide bonds. The minimum absolute atomic E-state index is 0.319. The fraction of sp³-hybridized carbons (Fsp3) is 0.250. The van der Waals surface area contributed by atoms with Gasteiger partial charge < -0.3 is 14.2 Å². The second kappa shape index (κ2) is 7.13. The Balaban J connectivity index is 2.48. The first-order valence-corrected chi connectivity index (χ1v) is 7.03. The fourth-order valence-corrected chi connectivity index (χ4v) is 2.21. The van der Waals surface area contributed by atoms with Gasteiger partial charge in [0.25, 0.3) is 0 Å². The van der Waals surface area contributed by atoms with Crippen LogP contribution in [0, 0.1) is 0 Å². The van der Waals surface area contributed by atoms with E-state index in [4.69, 9.17) is 25.8 Å². The number of nitrogens with zero attached hydrogens (tertiary/aromatic N) is 1. The summed E-state index contributed by atoms with van der Waals surface area (Å²) in [5, 5.41) is 0.385. The number of methoxy groups -OCH3 is 2. The standard InChI is InChI=1S/C16H16ClNO4/c1-4-22-16(19)10-5-6-18-12(7-10)11-8-13(20-2)15(17)14(9-11)21-3/h5-9H,4H2,1-3H3. The van der Waals surface area contributed by atoms with E-state index >= 15 is 0 Å². The average molecular weight is 322 g/mol. The number of esters is 1. The minimum atomic E-state index is -0.390. The van der Waals surface area contributed by atoms with Gasteiger partial charge in [0, 0.05) is 11.8 Å². The summed E-state index contributed by atoms with van der Waals surface area (Å²) in [5.74, 6) is 0.553. The van der Waals surface area contributed by atoms with Gasteiger partial charge >= 0.3 is 5.97 Å². The Labute approximate surface area is 133 Å². The van der Waals surface area contributed by atoms with Gasteiger partial charge in [-0.3, -0.25) is 4.98 Å². The summed E-state index contributed by atoms with van der Waals surface area (Å²) >= 11 is 6.15. The van der Waals surface area contributed by atoms with E-state index in [-0.39, 0.29) is 5.97 Å². The molecule has 1 heterocycles. The maximum Gasteiger partial charge on any atom is 0.338 e. The molecule has 2 rings (SSSR count). The summed E-state index contributed by atoms with van der Waals surface area (Å²) in [7, 11) is 3.04. The van der Waals surface area contributed by atoms with Crippen molar-refractivity contribution in [3.63, 3.8) is 0 Å². The Morgan fingerprint density at radius 3 is 2.36 bits per heavy atom. The number of halogens is 1. The highest BCUT2D eigenvalue weighted by Gasteiger charge is 2.14. The van der Waals surface area contributed by atoms with Crippen LogP contribution in [0.25, 0.3) is 11.3 Å². The second-order valence-corrected chi connectivity index (χ2v) is 4.72. The highest BCUT2D eigenvalue weighted by Crippen LogP contribution is 2.38. The van der Waals surface area contributed by atoms with Gasteiger partial charge in [-0.25, -0.2) is 4.79 Å². The van der Waals surface area contributed by atoms with Crippen molar-refractivity contribution in [1.82, 2.24) is 4.98 Å². The van der Waals surface area contributed by atoms with Gasteiger partial charge in [-0.1, -0.05) is 11.6 Å². The number of rotatable bonds is 5. The van der Waals surface area contributed by atoms with Crippen LogP contribution in [0.3, 0.4) is 0 Å². The van der Waals surface area contributed by atoms with Crippen LogP contribution in [-0.4, -0.2) is 31.8 Å². The zero-order valence-corrected chi connectivity index (χ0v) is 13.3. The summed E-state index contributed by atoms with van der Waals surface area (Å²) in [4.78, 5) is 16.1. The maximum absolute atomic E-state index is 11.8. The van der Waals surface area contributed by atoms with E-state index in [0.717, 1.165) is 5.56 Å². The lowest BCUT2D eigenvalue weighted by Crippen LogP contribution is -2.05. The molecule has 1 aromatic heterocycles. The number of benzene rings is 1. The van der Waals surface area contributed by atoms with Crippen LogP contribution in [0.5, 0.6) is 11.5 Å². The lowest BCUT2D eigenvalue weighted by molar-refractivity contribution is 0.0526. The molecule has 22 heavy (non-hydrogen) atoms. The van der Waals surface area contributed by atoms with Crippen molar-refractivity contribution in [1.29, 1.82) is 0 Å². The molecule has 0 aliphatic heterocycles. The summed E-state index contributed by atoms with van der Waals surface area (Å²) in [5.41, 5.74) is 1.75. The van der Waals surface area contributed by atoms with E-state index in [2.05, 4.69) is 4.98 Å². The van der Waals surface area contributed by atoms with Gasteiger partial charge in [-0.15, -0.1) is 0 Å². The largest absolute Gasteiger partial charge is 0.495 e. The third-order valence-corrected chi connectivity index (χ3v) is 3.39. The van der Waals surface area contributed by atoms with E-state index in [0.29, 0.717) is 34.4 Å². The van der Waals surface area contributed by atoms with Gasteiger partial charge in [0.2, 0.25) is 0 Å². The van der Waals surface area contributed by atoms with Crippen LogP contribution >= 0.6 is 11.6 Å². The zero-order chi connectivity index (χ0) is 16.1. The van der Waals surface area contributed by atoms with Gasteiger partial charge in [-0.2, -0.15) is 0 Å². The van der Waals surface area contributed by atoms with Crippen molar-refractivity contribution in [3.8, 4) is 22.8 Å². The first kappa shape index (κ1) is 16.1. The van der Waals surface area contributed by atoms with Crippen LogP contribution in [0.1, 0.15) is 17.3 Å². The Kier molecular flexibility index (Phi) is 5.22. The normalized spacial score (nSPS) is 10.2. The third kappa shape index (κ3) is 3.31. The Morgan fingerprint density at radius 2 is 1.82 bits per heavy atom. The summed E-state index contributed by atoms with van der Waals surface area (Å²) in [6, 6.07) is 6.73. The molecular formula is C16H16ClNO4. The lowest BCUT2D eigenvalue weighted by atomic mass is 10.1. The smallest absolute Gasteiger partial charge is 0.338 e. The molecule has 116 valence electrons. The number of carbonyl (C=O) groups excluding carboxylic acids is 1. The van der Waals surface area contributed by atoms with E-state index < -0.39 is 0 Å². The Bertz CT molecular complexity index is 663. The minimum Gasteiger partial charge on any atom is -0.495 e. The van der Waals surface area contributed by atoms with Crippen LogP contribution in [-0.2, 0) is 4.74 Å². The predicted octanol–water partition coefficient (Wildman–Crippen LogP) is 3.60. The van der Waals surface area contributed by atoms with Crippen LogP contribution in [0.2, 0.25) is 5.02 Å². The number of carbonyl (C=O) groups is 1. The molecule has 6 heteroatoms. The van der Waals surface area contributed by atoms with Gasteiger partial charge in [0.05, 0.1) is 32.1 Å². The average Bonchev–Trinajstić information content (AvgIpc) is 2.55. The highest BCUT2D eigenvalue weighted by molar-refractivity contribution is 6.33. The molecule has 0 saturated carbocycles. The summed E-state index contributed by atoms with van der Waals surface area (Å²) in [6.45, 7) is 2.08. The van der Waals surface area contributed by atoms with E-state index in [1.165, 1.54) is 14.2 Å². The molecule has 1 aromatic carbocycles.